The molecule has 3 aliphatic rings. The summed E-state index contributed by atoms with van der Waals surface area (Å²) in [5.41, 5.74) is 0.134. The van der Waals surface area contributed by atoms with Gasteiger partial charge in [0.15, 0.2) is 0 Å². The van der Waals surface area contributed by atoms with E-state index in [1.807, 2.05) is 0 Å². The summed E-state index contributed by atoms with van der Waals surface area (Å²) in [5, 5.41) is 10.4. The first-order valence-electron chi connectivity index (χ1n) is 9.67. The van der Waals surface area contributed by atoms with Crippen LogP contribution in [-0.2, 0) is 9.53 Å². The Bertz CT molecular complexity index is 448. The molecule has 0 radical (unpaired) electrons. The van der Waals surface area contributed by atoms with E-state index in [9.17, 15) is 9.90 Å². The van der Waals surface area contributed by atoms with Crippen molar-refractivity contribution in [2.45, 2.75) is 71.1 Å². The van der Waals surface area contributed by atoms with Crippen molar-refractivity contribution < 1.29 is 14.6 Å². The smallest absolute Gasteiger partial charge is 0.239 e. The van der Waals surface area contributed by atoms with Gasteiger partial charge in [-0.25, -0.2) is 0 Å². The van der Waals surface area contributed by atoms with Gasteiger partial charge in [-0.2, -0.15) is 0 Å². The molecule has 4 unspecified atom stereocenters. The summed E-state index contributed by atoms with van der Waals surface area (Å²) in [6, 6.07) is 0.298. The predicted molar refractivity (Wildman–Crippen MR) is 93.7 cm³/mol. The van der Waals surface area contributed by atoms with Gasteiger partial charge in [0.05, 0.1) is 18.8 Å². The fourth-order valence-corrected chi connectivity index (χ4v) is 4.73. The van der Waals surface area contributed by atoms with E-state index in [0.29, 0.717) is 25.2 Å². The summed E-state index contributed by atoms with van der Waals surface area (Å²) in [6.45, 7) is 10.6. The van der Waals surface area contributed by atoms with Gasteiger partial charge in [-0.15, -0.1) is 0 Å². The van der Waals surface area contributed by atoms with Crippen LogP contribution in [0.4, 0.5) is 0 Å². The first kappa shape index (κ1) is 18.2. The summed E-state index contributed by atoms with van der Waals surface area (Å²) in [6.07, 6.45) is 4.68. The van der Waals surface area contributed by atoms with Crippen LogP contribution in [0, 0.1) is 11.3 Å². The SMILES string of the molecule is CC(C)(C)CN1CCCC(N2CCCC2C2COCCC2O)C1=O. The quantitative estimate of drug-likeness (QED) is 0.854. The molecule has 5 nitrogen and oxygen atoms in total. The van der Waals surface area contributed by atoms with Crippen molar-refractivity contribution in [2.75, 3.05) is 32.8 Å². The Morgan fingerprint density at radius 2 is 1.92 bits per heavy atom. The molecular weight excluding hydrogens is 304 g/mol. The number of carbonyl (C=O) groups excluding carboxylic acids is 1. The lowest BCUT2D eigenvalue weighted by atomic mass is 9.87. The number of hydrogen-bond acceptors (Lipinski definition) is 4. The van der Waals surface area contributed by atoms with Gasteiger partial charge in [-0.3, -0.25) is 9.69 Å². The second kappa shape index (κ2) is 7.30. The van der Waals surface area contributed by atoms with Crippen LogP contribution in [0.1, 0.15) is 52.9 Å². The maximum Gasteiger partial charge on any atom is 0.239 e. The highest BCUT2D eigenvalue weighted by atomic mass is 16.5. The van der Waals surface area contributed by atoms with Crippen LogP contribution in [-0.4, -0.2) is 71.8 Å². The van der Waals surface area contributed by atoms with E-state index in [-0.39, 0.29) is 23.5 Å². The first-order valence-corrected chi connectivity index (χ1v) is 9.67. The summed E-state index contributed by atoms with van der Waals surface area (Å²) >= 11 is 0. The number of rotatable bonds is 3. The van der Waals surface area contributed by atoms with Crippen molar-refractivity contribution in [2.24, 2.45) is 11.3 Å². The lowest BCUT2D eigenvalue weighted by Crippen LogP contribution is -2.57. The molecule has 0 spiro atoms. The number of likely N-dealkylation sites (tertiary alicyclic amines) is 2. The Hall–Kier alpha value is -0.650. The molecule has 0 saturated carbocycles. The van der Waals surface area contributed by atoms with Crippen molar-refractivity contribution >= 4 is 5.91 Å². The minimum absolute atomic E-state index is 0.00252. The van der Waals surface area contributed by atoms with Crippen molar-refractivity contribution in [3.63, 3.8) is 0 Å². The topological polar surface area (TPSA) is 53.0 Å². The van der Waals surface area contributed by atoms with Crippen LogP contribution in [0.25, 0.3) is 0 Å². The number of hydrogen-bond donors (Lipinski definition) is 1. The average Bonchev–Trinajstić information content (AvgIpc) is 2.97. The molecule has 0 aromatic heterocycles. The molecule has 3 fully saturated rings. The zero-order chi connectivity index (χ0) is 17.3. The van der Waals surface area contributed by atoms with E-state index in [4.69, 9.17) is 4.74 Å². The molecule has 1 amide bonds. The number of piperidine rings is 1. The van der Waals surface area contributed by atoms with E-state index in [2.05, 4.69) is 30.6 Å². The van der Waals surface area contributed by atoms with Gasteiger partial charge in [0.2, 0.25) is 5.91 Å². The van der Waals surface area contributed by atoms with Gasteiger partial charge < -0.3 is 14.7 Å². The largest absolute Gasteiger partial charge is 0.393 e. The monoisotopic (exact) mass is 338 g/mol. The highest BCUT2D eigenvalue weighted by Crippen LogP contribution is 2.34. The third-order valence-electron chi connectivity index (χ3n) is 5.77. The number of ether oxygens (including phenoxy) is 1. The van der Waals surface area contributed by atoms with E-state index in [1.54, 1.807) is 0 Å². The molecule has 4 atom stereocenters. The Kier molecular flexibility index (Phi) is 5.52. The Labute approximate surface area is 146 Å². The Balaban J connectivity index is 1.70. The van der Waals surface area contributed by atoms with Gasteiger partial charge in [-0.1, -0.05) is 20.8 Å². The number of aliphatic hydroxyl groups is 1. The lowest BCUT2D eigenvalue weighted by Gasteiger charge is -2.44. The normalized spacial score (nSPS) is 36.3. The number of carbonyl (C=O) groups is 1. The molecule has 3 aliphatic heterocycles. The molecule has 138 valence electrons. The molecular formula is C19H34N2O3. The molecule has 3 saturated heterocycles. The molecule has 0 aliphatic carbocycles. The first-order chi connectivity index (χ1) is 11.4. The van der Waals surface area contributed by atoms with Crippen molar-refractivity contribution in [1.29, 1.82) is 0 Å². The molecule has 0 aromatic carbocycles. The van der Waals surface area contributed by atoms with Crippen LogP contribution in [0.15, 0.2) is 0 Å². The van der Waals surface area contributed by atoms with Gasteiger partial charge in [-0.05, 0) is 44.1 Å². The second-order valence-electron chi connectivity index (χ2n) is 9.02. The Morgan fingerprint density at radius 3 is 2.62 bits per heavy atom. The van der Waals surface area contributed by atoms with Crippen LogP contribution < -0.4 is 0 Å². The molecule has 24 heavy (non-hydrogen) atoms. The minimum atomic E-state index is -0.284. The van der Waals surface area contributed by atoms with Gasteiger partial charge in [0.25, 0.3) is 0 Å². The minimum Gasteiger partial charge on any atom is -0.393 e. The van der Waals surface area contributed by atoms with Gasteiger partial charge >= 0.3 is 0 Å². The van der Waals surface area contributed by atoms with Crippen molar-refractivity contribution in [3.05, 3.63) is 0 Å². The van der Waals surface area contributed by atoms with Crippen LogP contribution in [0.5, 0.6) is 0 Å². The van der Waals surface area contributed by atoms with Crippen molar-refractivity contribution in [1.82, 2.24) is 9.80 Å². The zero-order valence-electron chi connectivity index (χ0n) is 15.5. The number of nitrogens with zero attached hydrogens (tertiary/aromatic N) is 2. The van der Waals surface area contributed by atoms with E-state index in [1.165, 1.54) is 0 Å². The summed E-state index contributed by atoms with van der Waals surface area (Å²) < 4.78 is 5.63. The van der Waals surface area contributed by atoms with Crippen LogP contribution in [0.2, 0.25) is 0 Å². The fraction of sp³-hybridized carbons (Fsp3) is 0.947. The lowest BCUT2D eigenvalue weighted by molar-refractivity contribution is -0.144. The summed E-state index contributed by atoms with van der Waals surface area (Å²) in [5.74, 6) is 0.460. The predicted octanol–water partition coefficient (Wildman–Crippen LogP) is 1.89. The summed E-state index contributed by atoms with van der Waals surface area (Å²) in [7, 11) is 0. The van der Waals surface area contributed by atoms with E-state index >= 15 is 0 Å². The van der Waals surface area contributed by atoms with E-state index in [0.717, 1.165) is 51.7 Å². The highest BCUT2D eigenvalue weighted by Gasteiger charge is 2.44. The molecule has 5 heteroatoms. The van der Waals surface area contributed by atoms with Gasteiger partial charge in [0.1, 0.15) is 0 Å². The third-order valence-corrected chi connectivity index (χ3v) is 5.77. The average molecular weight is 338 g/mol. The molecule has 1 N–H and O–H groups in total. The van der Waals surface area contributed by atoms with Crippen LogP contribution >= 0.6 is 0 Å². The highest BCUT2D eigenvalue weighted by molar-refractivity contribution is 5.82. The van der Waals surface area contributed by atoms with Gasteiger partial charge in [0, 0.05) is 31.7 Å². The third kappa shape index (κ3) is 3.94. The number of amides is 1. The maximum absolute atomic E-state index is 13.1. The maximum atomic E-state index is 13.1. The number of aliphatic hydroxyl groups excluding tert-OH is 1. The fourth-order valence-electron chi connectivity index (χ4n) is 4.73. The standard InChI is InChI=1S/C19H34N2O3/c1-19(2,3)13-20-9-4-7-16(18(20)23)21-10-5-6-15(21)14-12-24-11-8-17(14)22/h14-17,22H,4-13H2,1-3H3. The summed E-state index contributed by atoms with van der Waals surface area (Å²) in [4.78, 5) is 17.6. The van der Waals surface area contributed by atoms with Crippen LogP contribution in [0.3, 0.4) is 0 Å². The molecule has 3 heterocycles. The van der Waals surface area contributed by atoms with Crippen molar-refractivity contribution in [3.8, 4) is 0 Å². The Morgan fingerprint density at radius 1 is 1.17 bits per heavy atom. The zero-order valence-corrected chi connectivity index (χ0v) is 15.5. The molecule has 0 bridgehead atoms. The molecule has 3 rings (SSSR count). The molecule has 0 aromatic rings. The van der Waals surface area contributed by atoms with E-state index < -0.39 is 0 Å². The second-order valence-corrected chi connectivity index (χ2v) is 9.02.